The van der Waals surface area contributed by atoms with Gasteiger partial charge in [-0.25, -0.2) is 4.79 Å². The summed E-state index contributed by atoms with van der Waals surface area (Å²) in [7, 11) is 2.85. The quantitative estimate of drug-likeness (QED) is 0.692. The maximum Gasteiger partial charge on any atom is 0.333 e. The van der Waals surface area contributed by atoms with E-state index in [4.69, 9.17) is 21.1 Å². The summed E-state index contributed by atoms with van der Waals surface area (Å²) in [5.41, 5.74) is 1.36. The van der Waals surface area contributed by atoms with Gasteiger partial charge in [-0.1, -0.05) is 41.9 Å². The molecule has 2 aromatic carbocycles. The fourth-order valence-corrected chi connectivity index (χ4v) is 2.58. The largest absolute Gasteiger partial charge is 0.495 e. The van der Waals surface area contributed by atoms with E-state index in [9.17, 15) is 9.59 Å². The lowest BCUT2D eigenvalue weighted by atomic mass is 10.1. The van der Waals surface area contributed by atoms with E-state index >= 15 is 0 Å². The molecule has 1 amide bonds. The molecule has 0 aliphatic heterocycles. The highest BCUT2D eigenvalue weighted by atomic mass is 35.5. The van der Waals surface area contributed by atoms with E-state index in [1.807, 2.05) is 6.07 Å². The number of rotatable bonds is 8. The number of benzene rings is 2. The highest BCUT2D eigenvalue weighted by Crippen LogP contribution is 2.27. The molecule has 138 valence electrons. The van der Waals surface area contributed by atoms with Crippen LogP contribution in [-0.2, 0) is 14.3 Å². The molecule has 0 aliphatic rings. The number of ether oxygens (including phenoxy) is 2. The van der Waals surface area contributed by atoms with Crippen LogP contribution >= 0.6 is 11.6 Å². The van der Waals surface area contributed by atoms with Gasteiger partial charge < -0.3 is 20.1 Å². The number of hydrogen-bond acceptors (Lipinski definition) is 5. The highest BCUT2D eigenvalue weighted by Gasteiger charge is 2.23. The zero-order valence-electron chi connectivity index (χ0n) is 14.6. The maximum atomic E-state index is 12.2. The van der Waals surface area contributed by atoms with E-state index in [0.717, 1.165) is 0 Å². The number of halogens is 1. The van der Waals surface area contributed by atoms with Crippen molar-refractivity contribution in [1.29, 1.82) is 0 Å². The summed E-state index contributed by atoms with van der Waals surface area (Å²) in [6.45, 7) is 0.352. The van der Waals surface area contributed by atoms with E-state index < -0.39 is 12.0 Å². The Labute approximate surface area is 157 Å². The van der Waals surface area contributed by atoms with Crippen LogP contribution in [0.4, 0.5) is 5.69 Å². The Morgan fingerprint density at radius 2 is 1.85 bits per heavy atom. The number of amides is 1. The standard InChI is InChI=1S/C19H21ClN2O4/c1-25-16-9-8-14(20)12-15(16)21-11-10-17(23)22-18(19(24)26-2)13-6-4-3-5-7-13/h3-9,12,18,21H,10-11H2,1-2H3,(H,22,23). The van der Waals surface area contributed by atoms with Crippen molar-refractivity contribution in [2.24, 2.45) is 0 Å². The van der Waals surface area contributed by atoms with Crippen molar-refractivity contribution in [3.05, 3.63) is 59.1 Å². The lowest BCUT2D eigenvalue weighted by Gasteiger charge is -2.17. The number of esters is 1. The van der Waals surface area contributed by atoms with E-state index in [-0.39, 0.29) is 12.3 Å². The predicted octanol–water partition coefficient (Wildman–Crippen LogP) is 3.18. The third kappa shape index (κ3) is 5.39. The third-order valence-electron chi connectivity index (χ3n) is 3.70. The van der Waals surface area contributed by atoms with Gasteiger partial charge in [-0.15, -0.1) is 0 Å². The first-order chi connectivity index (χ1) is 12.5. The van der Waals surface area contributed by atoms with Gasteiger partial charge in [0.25, 0.3) is 0 Å². The summed E-state index contributed by atoms with van der Waals surface area (Å²) in [4.78, 5) is 24.2. The van der Waals surface area contributed by atoms with Crippen LogP contribution in [0.2, 0.25) is 5.02 Å². The predicted molar refractivity (Wildman–Crippen MR) is 100 cm³/mol. The summed E-state index contributed by atoms with van der Waals surface area (Å²) in [5.74, 6) is -0.168. The minimum Gasteiger partial charge on any atom is -0.495 e. The molecule has 0 saturated heterocycles. The molecular weight excluding hydrogens is 356 g/mol. The van der Waals surface area contributed by atoms with Crippen LogP contribution in [0.5, 0.6) is 5.75 Å². The minimum atomic E-state index is -0.839. The summed E-state index contributed by atoms with van der Waals surface area (Å²) >= 11 is 5.98. The fraction of sp³-hybridized carbons (Fsp3) is 0.263. The van der Waals surface area contributed by atoms with Crippen molar-refractivity contribution in [1.82, 2.24) is 5.32 Å². The molecule has 0 heterocycles. The van der Waals surface area contributed by atoms with Gasteiger partial charge in [0.2, 0.25) is 5.91 Å². The van der Waals surface area contributed by atoms with Gasteiger partial charge in [0.1, 0.15) is 5.75 Å². The number of hydrogen-bond donors (Lipinski definition) is 2. The van der Waals surface area contributed by atoms with Crippen molar-refractivity contribution >= 4 is 29.2 Å². The van der Waals surface area contributed by atoms with Gasteiger partial charge in [-0.2, -0.15) is 0 Å². The van der Waals surface area contributed by atoms with E-state index in [0.29, 0.717) is 28.6 Å². The van der Waals surface area contributed by atoms with Crippen molar-refractivity contribution < 1.29 is 19.1 Å². The molecule has 0 saturated carbocycles. The van der Waals surface area contributed by atoms with Crippen LogP contribution in [0.25, 0.3) is 0 Å². The number of carbonyl (C=O) groups is 2. The molecule has 1 atom stereocenters. The summed E-state index contributed by atoms with van der Waals surface area (Å²) in [5, 5.41) is 6.37. The Bertz CT molecular complexity index is 752. The Morgan fingerprint density at radius 3 is 2.50 bits per heavy atom. The van der Waals surface area contributed by atoms with Crippen LogP contribution in [-0.4, -0.2) is 32.6 Å². The Morgan fingerprint density at radius 1 is 1.12 bits per heavy atom. The molecular formula is C19H21ClN2O4. The Balaban J connectivity index is 1.95. The second-order valence-electron chi connectivity index (χ2n) is 5.46. The molecule has 26 heavy (non-hydrogen) atoms. The summed E-state index contributed by atoms with van der Waals surface area (Å²) in [6.07, 6.45) is 0.163. The zero-order chi connectivity index (χ0) is 18.9. The summed E-state index contributed by atoms with van der Waals surface area (Å²) < 4.78 is 10.0. The highest BCUT2D eigenvalue weighted by molar-refractivity contribution is 6.30. The molecule has 0 aromatic heterocycles. The summed E-state index contributed by atoms with van der Waals surface area (Å²) in [6, 6.07) is 13.3. The van der Waals surface area contributed by atoms with Gasteiger partial charge in [0, 0.05) is 18.0 Å². The zero-order valence-corrected chi connectivity index (χ0v) is 15.4. The first-order valence-corrected chi connectivity index (χ1v) is 8.42. The van der Waals surface area contributed by atoms with Crippen LogP contribution in [0.1, 0.15) is 18.0 Å². The normalized spacial score (nSPS) is 11.3. The van der Waals surface area contributed by atoms with E-state index in [1.165, 1.54) is 7.11 Å². The first-order valence-electron chi connectivity index (χ1n) is 8.04. The first kappa shape index (κ1) is 19.6. The third-order valence-corrected chi connectivity index (χ3v) is 3.94. The topological polar surface area (TPSA) is 76.7 Å². The maximum absolute atomic E-state index is 12.2. The van der Waals surface area contributed by atoms with Crippen LogP contribution < -0.4 is 15.4 Å². The molecule has 0 spiro atoms. The number of carbonyl (C=O) groups excluding carboxylic acids is 2. The monoisotopic (exact) mass is 376 g/mol. The second kappa shape index (κ2) is 9.68. The lowest BCUT2D eigenvalue weighted by molar-refractivity contribution is -0.145. The van der Waals surface area contributed by atoms with Crippen LogP contribution in [0.3, 0.4) is 0 Å². The van der Waals surface area contributed by atoms with Gasteiger partial charge in [0.15, 0.2) is 6.04 Å². The average molecular weight is 377 g/mol. The van der Waals surface area contributed by atoms with Crippen molar-refractivity contribution in [2.75, 3.05) is 26.1 Å². The molecule has 1 unspecified atom stereocenters. The smallest absolute Gasteiger partial charge is 0.333 e. The number of anilines is 1. The van der Waals surface area contributed by atoms with Gasteiger partial charge >= 0.3 is 5.97 Å². The lowest BCUT2D eigenvalue weighted by Crippen LogP contribution is -2.35. The molecule has 2 rings (SSSR count). The molecule has 6 nitrogen and oxygen atoms in total. The SMILES string of the molecule is COC(=O)C(NC(=O)CCNc1cc(Cl)ccc1OC)c1ccccc1. The average Bonchev–Trinajstić information content (AvgIpc) is 2.66. The van der Waals surface area contributed by atoms with Crippen LogP contribution in [0, 0.1) is 0 Å². The molecule has 2 N–H and O–H groups in total. The van der Waals surface area contributed by atoms with Crippen molar-refractivity contribution in [3.63, 3.8) is 0 Å². The molecule has 7 heteroatoms. The molecule has 2 aromatic rings. The Kier molecular flexibility index (Phi) is 7.29. The molecule has 0 fully saturated rings. The molecule has 0 bridgehead atoms. The molecule has 0 radical (unpaired) electrons. The number of nitrogens with one attached hydrogen (secondary N) is 2. The van der Waals surface area contributed by atoms with E-state index in [2.05, 4.69) is 10.6 Å². The van der Waals surface area contributed by atoms with Gasteiger partial charge in [0.05, 0.1) is 19.9 Å². The minimum absolute atomic E-state index is 0.163. The second-order valence-corrected chi connectivity index (χ2v) is 5.89. The fourth-order valence-electron chi connectivity index (χ4n) is 2.40. The van der Waals surface area contributed by atoms with Gasteiger partial charge in [-0.3, -0.25) is 4.79 Å². The van der Waals surface area contributed by atoms with Gasteiger partial charge in [-0.05, 0) is 23.8 Å². The number of methoxy groups -OCH3 is 2. The van der Waals surface area contributed by atoms with E-state index in [1.54, 1.807) is 49.6 Å². The Hall–Kier alpha value is -2.73. The molecule has 0 aliphatic carbocycles. The van der Waals surface area contributed by atoms with Crippen molar-refractivity contribution in [2.45, 2.75) is 12.5 Å². The van der Waals surface area contributed by atoms with Crippen molar-refractivity contribution in [3.8, 4) is 5.75 Å². The van der Waals surface area contributed by atoms with Crippen LogP contribution in [0.15, 0.2) is 48.5 Å².